The Morgan fingerprint density at radius 2 is 1.97 bits per heavy atom. The monoisotopic (exact) mass is 409 g/mol. The zero-order chi connectivity index (χ0) is 21.1. The van der Waals surface area contributed by atoms with E-state index in [-0.39, 0.29) is 11.8 Å². The smallest absolute Gasteiger partial charge is 0.256 e. The molecule has 0 atom stereocenters. The van der Waals surface area contributed by atoms with E-state index in [4.69, 9.17) is 8.94 Å². The van der Waals surface area contributed by atoms with Gasteiger partial charge in [0.15, 0.2) is 0 Å². The summed E-state index contributed by atoms with van der Waals surface area (Å²) in [4.78, 5) is 16.8. The van der Waals surface area contributed by atoms with Crippen LogP contribution in [0, 0.1) is 19.8 Å². The van der Waals surface area contributed by atoms with Crippen molar-refractivity contribution in [2.24, 2.45) is 5.92 Å². The lowest BCUT2D eigenvalue weighted by Gasteiger charge is -2.26. The summed E-state index contributed by atoms with van der Waals surface area (Å²) in [7, 11) is 0. The molecule has 30 heavy (non-hydrogen) atoms. The SMILES string of the molecule is CCc1noc(C)c1C(=O)NCC1CCC(c2nnc(-c3ccc(C)nc3)o2)CC1. The van der Waals surface area contributed by atoms with Crippen molar-refractivity contribution in [2.45, 2.75) is 58.8 Å². The number of hydrogen-bond donors (Lipinski definition) is 1. The summed E-state index contributed by atoms with van der Waals surface area (Å²) in [6.07, 6.45) is 6.40. The van der Waals surface area contributed by atoms with Gasteiger partial charge < -0.3 is 14.3 Å². The van der Waals surface area contributed by atoms with Crippen LogP contribution in [-0.4, -0.2) is 32.8 Å². The first-order chi connectivity index (χ1) is 14.5. The first kappa shape index (κ1) is 20.3. The summed E-state index contributed by atoms with van der Waals surface area (Å²) in [6, 6.07) is 3.88. The maximum absolute atomic E-state index is 12.5. The molecular formula is C22H27N5O3. The third kappa shape index (κ3) is 4.27. The number of aryl methyl sites for hydroxylation is 3. The van der Waals surface area contributed by atoms with E-state index in [0.29, 0.717) is 47.7 Å². The molecule has 158 valence electrons. The number of carbonyl (C=O) groups excluding carboxylic acids is 1. The molecule has 1 amide bonds. The van der Waals surface area contributed by atoms with Gasteiger partial charge in [-0.05, 0) is 64.0 Å². The third-order valence-corrected chi connectivity index (χ3v) is 5.84. The van der Waals surface area contributed by atoms with Gasteiger partial charge in [-0.3, -0.25) is 9.78 Å². The zero-order valence-electron chi connectivity index (χ0n) is 17.6. The number of pyridine rings is 1. The van der Waals surface area contributed by atoms with Gasteiger partial charge >= 0.3 is 0 Å². The van der Waals surface area contributed by atoms with Gasteiger partial charge in [-0.25, -0.2) is 0 Å². The van der Waals surface area contributed by atoms with Crippen molar-refractivity contribution < 1.29 is 13.7 Å². The molecule has 0 radical (unpaired) electrons. The van der Waals surface area contributed by atoms with E-state index in [1.165, 1.54) is 0 Å². The summed E-state index contributed by atoms with van der Waals surface area (Å²) >= 11 is 0. The Balaban J connectivity index is 1.29. The molecule has 1 N–H and O–H groups in total. The van der Waals surface area contributed by atoms with Crippen molar-refractivity contribution in [1.29, 1.82) is 0 Å². The van der Waals surface area contributed by atoms with Crippen LogP contribution >= 0.6 is 0 Å². The minimum Gasteiger partial charge on any atom is -0.420 e. The lowest BCUT2D eigenvalue weighted by atomic mass is 9.82. The summed E-state index contributed by atoms with van der Waals surface area (Å²) < 4.78 is 11.1. The number of aromatic nitrogens is 4. The highest BCUT2D eigenvalue weighted by atomic mass is 16.5. The number of nitrogens with zero attached hydrogens (tertiary/aromatic N) is 4. The van der Waals surface area contributed by atoms with E-state index in [9.17, 15) is 4.79 Å². The molecule has 4 rings (SSSR count). The molecule has 1 saturated carbocycles. The predicted molar refractivity (Wildman–Crippen MR) is 110 cm³/mol. The van der Waals surface area contributed by atoms with Crippen LogP contribution in [0.25, 0.3) is 11.5 Å². The number of carbonyl (C=O) groups is 1. The van der Waals surface area contributed by atoms with E-state index in [1.54, 1.807) is 13.1 Å². The number of amides is 1. The van der Waals surface area contributed by atoms with Gasteiger partial charge in [0.2, 0.25) is 11.8 Å². The van der Waals surface area contributed by atoms with Crippen molar-refractivity contribution in [3.63, 3.8) is 0 Å². The van der Waals surface area contributed by atoms with E-state index in [2.05, 4.69) is 25.7 Å². The second kappa shape index (κ2) is 8.77. The van der Waals surface area contributed by atoms with Gasteiger partial charge in [-0.15, -0.1) is 10.2 Å². The highest BCUT2D eigenvalue weighted by molar-refractivity contribution is 5.96. The molecule has 8 heteroatoms. The maximum atomic E-state index is 12.5. The van der Waals surface area contributed by atoms with Crippen molar-refractivity contribution in [3.8, 4) is 11.5 Å². The first-order valence-electron chi connectivity index (χ1n) is 10.5. The molecule has 0 aromatic carbocycles. The van der Waals surface area contributed by atoms with Gasteiger partial charge in [0.1, 0.15) is 11.3 Å². The summed E-state index contributed by atoms with van der Waals surface area (Å²) in [5.74, 6) is 2.40. The Morgan fingerprint density at radius 1 is 1.17 bits per heavy atom. The molecule has 1 aliphatic rings. The molecule has 3 heterocycles. The molecule has 0 spiro atoms. The molecule has 3 aromatic rings. The molecule has 0 bridgehead atoms. The standard InChI is InChI=1S/C22H27N5O3/c1-4-18-19(14(3)30-27-18)20(28)24-11-15-6-9-16(10-7-15)21-25-26-22(29-21)17-8-5-13(2)23-12-17/h5,8,12,15-16H,4,6-7,9-11H2,1-3H3,(H,24,28). The van der Waals surface area contributed by atoms with Crippen LogP contribution in [-0.2, 0) is 6.42 Å². The molecule has 3 aromatic heterocycles. The highest BCUT2D eigenvalue weighted by Crippen LogP contribution is 2.35. The lowest BCUT2D eigenvalue weighted by Crippen LogP contribution is -2.31. The fourth-order valence-corrected chi connectivity index (χ4v) is 4.00. The third-order valence-electron chi connectivity index (χ3n) is 5.84. The Kier molecular flexibility index (Phi) is 5.92. The van der Waals surface area contributed by atoms with Crippen LogP contribution < -0.4 is 5.32 Å². The van der Waals surface area contributed by atoms with Crippen molar-refractivity contribution in [3.05, 3.63) is 46.9 Å². The van der Waals surface area contributed by atoms with E-state index >= 15 is 0 Å². The zero-order valence-corrected chi connectivity index (χ0v) is 17.6. The predicted octanol–water partition coefficient (Wildman–Crippen LogP) is 4.00. The molecule has 0 saturated heterocycles. The van der Waals surface area contributed by atoms with Crippen LogP contribution in [0.15, 0.2) is 27.3 Å². The minimum absolute atomic E-state index is 0.0963. The maximum Gasteiger partial charge on any atom is 0.256 e. The molecule has 0 aliphatic heterocycles. The number of rotatable bonds is 6. The molecule has 1 fully saturated rings. The molecule has 0 unspecified atom stereocenters. The number of nitrogens with one attached hydrogen (secondary N) is 1. The van der Waals surface area contributed by atoms with Gasteiger partial charge in [0.25, 0.3) is 5.91 Å². The fraction of sp³-hybridized carbons (Fsp3) is 0.500. The summed E-state index contributed by atoms with van der Waals surface area (Å²) in [6.45, 7) is 6.34. The van der Waals surface area contributed by atoms with Gasteiger partial charge in [0, 0.05) is 24.4 Å². The van der Waals surface area contributed by atoms with E-state index in [1.807, 2.05) is 26.0 Å². The average Bonchev–Trinajstić information content (AvgIpc) is 3.40. The minimum atomic E-state index is -0.0963. The topological polar surface area (TPSA) is 107 Å². The van der Waals surface area contributed by atoms with Crippen LogP contribution in [0.5, 0.6) is 0 Å². The molecular weight excluding hydrogens is 382 g/mol. The highest BCUT2D eigenvalue weighted by Gasteiger charge is 2.27. The Hall–Kier alpha value is -3.03. The van der Waals surface area contributed by atoms with Crippen molar-refractivity contribution >= 4 is 5.91 Å². The van der Waals surface area contributed by atoms with Crippen LogP contribution in [0.1, 0.15) is 71.9 Å². The molecule has 1 aliphatic carbocycles. The van der Waals surface area contributed by atoms with Gasteiger partial charge in [-0.2, -0.15) is 0 Å². The van der Waals surface area contributed by atoms with Crippen LogP contribution in [0.4, 0.5) is 0 Å². The van der Waals surface area contributed by atoms with Crippen molar-refractivity contribution in [2.75, 3.05) is 6.54 Å². The first-order valence-corrected chi connectivity index (χ1v) is 10.5. The van der Waals surface area contributed by atoms with Gasteiger partial charge in [0.05, 0.1) is 11.3 Å². The Bertz CT molecular complexity index is 1000. The summed E-state index contributed by atoms with van der Waals surface area (Å²) in [5.41, 5.74) is 3.08. The van der Waals surface area contributed by atoms with Crippen LogP contribution in [0.2, 0.25) is 0 Å². The normalized spacial score (nSPS) is 19.0. The van der Waals surface area contributed by atoms with Crippen LogP contribution in [0.3, 0.4) is 0 Å². The fourth-order valence-electron chi connectivity index (χ4n) is 4.00. The number of hydrogen-bond acceptors (Lipinski definition) is 7. The second-order valence-corrected chi connectivity index (χ2v) is 7.98. The summed E-state index contributed by atoms with van der Waals surface area (Å²) in [5, 5.41) is 15.5. The average molecular weight is 409 g/mol. The quantitative estimate of drug-likeness (QED) is 0.655. The van der Waals surface area contributed by atoms with E-state index < -0.39 is 0 Å². The lowest BCUT2D eigenvalue weighted by molar-refractivity contribution is 0.0940. The van der Waals surface area contributed by atoms with Crippen molar-refractivity contribution in [1.82, 2.24) is 25.7 Å². The van der Waals surface area contributed by atoms with E-state index in [0.717, 1.165) is 36.9 Å². The Labute approximate surface area is 175 Å². The molecule has 8 nitrogen and oxygen atoms in total. The largest absolute Gasteiger partial charge is 0.420 e. The Morgan fingerprint density at radius 3 is 2.67 bits per heavy atom. The second-order valence-electron chi connectivity index (χ2n) is 7.98. The van der Waals surface area contributed by atoms with Gasteiger partial charge in [-0.1, -0.05) is 12.1 Å².